The normalized spacial score (nSPS) is 20.9. The number of fused-ring (bicyclic) bond motifs is 9. The average Bonchev–Trinajstić information content (AvgIpc) is 3.22. The Hall–Kier alpha value is -1.64. The van der Waals surface area contributed by atoms with Gasteiger partial charge in [-0.3, -0.25) is 0 Å². The molecule has 125 valence electrons. The van der Waals surface area contributed by atoms with Crippen molar-refractivity contribution in [1.82, 2.24) is 4.98 Å². The van der Waals surface area contributed by atoms with Crippen molar-refractivity contribution in [1.29, 1.82) is 0 Å². The average molecular weight is 497 g/mol. The summed E-state index contributed by atoms with van der Waals surface area (Å²) in [5.74, 6) is 2.80. The minimum atomic E-state index is 0. The van der Waals surface area contributed by atoms with Gasteiger partial charge in [0.1, 0.15) is 0 Å². The first kappa shape index (κ1) is 15.9. The molecule has 2 unspecified atom stereocenters. The predicted octanol–water partition coefficient (Wildman–Crippen LogP) is 4.57. The van der Waals surface area contributed by atoms with Gasteiger partial charge in [-0.1, -0.05) is 24.3 Å². The molecular weight excluding hydrogens is 478 g/mol. The molecule has 4 heteroatoms. The Labute approximate surface area is 154 Å². The first-order chi connectivity index (χ1) is 11.3. The molecular formula is C20H18IrNO2-. The molecule has 0 spiro atoms. The van der Waals surface area contributed by atoms with Crippen molar-refractivity contribution in [3.8, 4) is 11.5 Å². The van der Waals surface area contributed by atoms with Crippen LogP contribution in [-0.2, 0) is 20.1 Å². The molecule has 2 aliphatic rings. The maximum atomic E-state index is 5.43. The summed E-state index contributed by atoms with van der Waals surface area (Å²) in [4.78, 5) is 4.80. The number of aromatic nitrogens is 1. The van der Waals surface area contributed by atoms with E-state index in [0.717, 1.165) is 28.1 Å². The Balaban J connectivity index is 0.00000146. The standard InChI is InChI=1S/C20H18NO2.Ir/c1-22-17-8-12-5-6-14-19-13-4-3-11(7-13)16(19)10-21-20(14)15(12)9-18(17)23-2;/h5-6,8,10-11,13H,3-4,7H2,1-2H3;/q-1;. The molecule has 5 rings (SSSR count). The predicted molar refractivity (Wildman–Crippen MR) is 90.5 cm³/mol. The van der Waals surface area contributed by atoms with Crippen molar-refractivity contribution in [3.63, 3.8) is 0 Å². The van der Waals surface area contributed by atoms with Crippen LogP contribution in [-0.4, -0.2) is 19.2 Å². The van der Waals surface area contributed by atoms with Gasteiger partial charge in [0.15, 0.2) is 0 Å². The topological polar surface area (TPSA) is 31.4 Å². The number of hydrogen-bond acceptors (Lipinski definition) is 3. The van der Waals surface area contributed by atoms with Crippen LogP contribution in [0.5, 0.6) is 11.5 Å². The molecule has 24 heavy (non-hydrogen) atoms. The van der Waals surface area contributed by atoms with E-state index in [2.05, 4.69) is 24.4 Å². The zero-order valence-electron chi connectivity index (χ0n) is 13.7. The summed E-state index contributed by atoms with van der Waals surface area (Å²) in [6.07, 6.45) is 6.06. The molecule has 1 radical (unpaired) electrons. The van der Waals surface area contributed by atoms with Crippen molar-refractivity contribution in [2.75, 3.05) is 14.2 Å². The maximum absolute atomic E-state index is 5.43. The van der Waals surface area contributed by atoms with Crippen LogP contribution in [0, 0.1) is 6.07 Å². The molecule has 1 fully saturated rings. The third kappa shape index (κ3) is 2.03. The molecule has 3 aromatic rings. The Morgan fingerprint density at radius 1 is 1.12 bits per heavy atom. The SMILES string of the molecule is COc1[c-]c2c(ccc3c4c(cnc32)C2CCC4C2)cc1OC.[Ir]. The van der Waals surface area contributed by atoms with E-state index in [-0.39, 0.29) is 20.1 Å². The van der Waals surface area contributed by atoms with Gasteiger partial charge in [-0.05, 0) is 53.1 Å². The molecule has 0 saturated heterocycles. The van der Waals surface area contributed by atoms with Crippen molar-refractivity contribution in [2.45, 2.75) is 31.1 Å². The quantitative estimate of drug-likeness (QED) is 0.385. The fourth-order valence-electron chi connectivity index (χ4n) is 4.56. The number of ether oxygens (including phenoxy) is 2. The second-order valence-electron chi connectivity index (χ2n) is 6.63. The molecule has 0 N–H and O–H groups in total. The Kier molecular flexibility index (Phi) is 3.78. The number of pyridine rings is 1. The van der Waals surface area contributed by atoms with E-state index in [0.29, 0.717) is 11.5 Å². The van der Waals surface area contributed by atoms with E-state index in [1.165, 1.54) is 35.8 Å². The van der Waals surface area contributed by atoms with E-state index >= 15 is 0 Å². The van der Waals surface area contributed by atoms with Crippen LogP contribution in [0.25, 0.3) is 21.7 Å². The van der Waals surface area contributed by atoms with E-state index in [9.17, 15) is 0 Å². The van der Waals surface area contributed by atoms with Crippen molar-refractivity contribution in [2.24, 2.45) is 0 Å². The second-order valence-corrected chi connectivity index (χ2v) is 6.63. The monoisotopic (exact) mass is 497 g/mol. The van der Waals surface area contributed by atoms with Gasteiger partial charge in [-0.2, -0.15) is 0 Å². The van der Waals surface area contributed by atoms with Crippen LogP contribution < -0.4 is 9.47 Å². The molecule has 1 saturated carbocycles. The largest absolute Gasteiger partial charge is 0.536 e. The maximum Gasteiger partial charge on any atom is 0.0776 e. The van der Waals surface area contributed by atoms with Crippen LogP contribution in [0.2, 0.25) is 0 Å². The molecule has 2 aliphatic carbocycles. The summed E-state index contributed by atoms with van der Waals surface area (Å²) in [6, 6.07) is 9.75. The Morgan fingerprint density at radius 2 is 1.96 bits per heavy atom. The smallest absolute Gasteiger partial charge is 0.0776 e. The van der Waals surface area contributed by atoms with Crippen LogP contribution in [0.4, 0.5) is 0 Å². The number of nitrogens with zero attached hydrogens (tertiary/aromatic N) is 1. The summed E-state index contributed by atoms with van der Waals surface area (Å²) in [7, 11) is 3.30. The van der Waals surface area contributed by atoms with Gasteiger partial charge in [0.2, 0.25) is 0 Å². The summed E-state index contributed by atoms with van der Waals surface area (Å²) in [6.45, 7) is 0. The van der Waals surface area contributed by atoms with Gasteiger partial charge in [-0.25, -0.2) is 0 Å². The molecule has 2 atom stereocenters. The first-order valence-corrected chi connectivity index (χ1v) is 8.19. The molecule has 2 bridgehead atoms. The molecule has 0 aliphatic heterocycles. The van der Waals surface area contributed by atoms with Gasteiger partial charge < -0.3 is 14.5 Å². The van der Waals surface area contributed by atoms with Crippen LogP contribution in [0.15, 0.2) is 24.4 Å². The van der Waals surface area contributed by atoms with Crippen molar-refractivity contribution < 1.29 is 29.6 Å². The zero-order valence-corrected chi connectivity index (χ0v) is 16.1. The van der Waals surface area contributed by atoms with Gasteiger partial charge in [0.05, 0.1) is 25.7 Å². The molecule has 1 aromatic heterocycles. The minimum absolute atomic E-state index is 0. The summed E-state index contributed by atoms with van der Waals surface area (Å²) in [5.41, 5.74) is 4.06. The summed E-state index contributed by atoms with van der Waals surface area (Å²) in [5, 5.41) is 3.40. The van der Waals surface area contributed by atoms with E-state index in [1.54, 1.807) is 14.2 Å². The minimum Gasteiger partial charge on any atom is -0.536 e. The van der Waals surface area contributed by atoms with Gasteiger partial charge in [-0.15, -0.1) is 10.8 Å². The Bertz CT molecular complexity index is 953. The zero-order chi connectivity index (χ0) is 15.6. The third-order valence-corrected chi connectivity index (χ3v) is 5.60. The molecule has 3 nitrogen and oxygen atoms in total. The van der Waals surface area contributed by atoms with E-state index in [1.807, 2.05) is 6.07 Å². The van der Waals surface area contributed by atoms with Gasteiger partial charge in [0.25, 0.3) is 0 Å². The van der Waals surface area contributed by atoms with Gasteiger partial charge in [0, 0.05) is 26.3 Å². The van der Waals surface area contributed by atoms with Crippen LogP contribution in [0.3, 0.4) is 0 Å². The molecule has 1 heterocycles. The van der Waals surface area contributed by atoms with E-state index < -0.39 is 0 Å². The fraction of sp³-hybridized carbons (Fsp3) is 0.350. The fourth-order valence-corrected chi connectivity index (χ4v) is 4.56. The van der Waals surface area contributed by atoms with Crippen LogP contribution >= 0.6 is 0 Å². The first-order valence-electron chi connectivity index (χ1n) is 8.19. The van der Waals surface area contributed by atoms with Crippen molar-refractivity contribution in [3.05, 3.63) is 41.6 Å². The number of benzene rings is 2. The number of methoxy groups -OCH3 is 2. The van der Waals surface area contributed by atoms with Crippen LogP contribution in [0.1, 0.15) is 42.2 Å². The van der Waals surface area contributed by atoms with Crippen molar-refractivity contribution >= 4 is 21.7 Å². The van der Waals surface area contributed by atoms with Gasteiger partial charge >= 0.3 is 0 Å². The Morgan fingerprint density at radius 3 is 2.75 bits per heavy atom. The number of hydrogen-bond donors (Lipinski definition) is 0. The number of rotatable bonds is 2. The summed E-state index contributed by atoms with van der Waals surface area (Å²) < 4.78 is 10.8. The summed E-state index contributed by atoms with van der Waals surface area (Å²) >= 11 is 0. The molecule has 0 amide bonds. The molecule has 2 aromatic carbocycles. The van der Waals surface area contributed by atoms with E-state index in [4.69, 9.17) is 14.5 Å². The third-order valence-electron chi connectivity index (χ3n) is 5.60. The second kappa shape index (κ2) is 5.72.